The van der Waals surface area contributed by atoms with Crippen LogP contribution in [-0.4, -0.2) is 68.3 Å². The van der Waals surface area contributed by atoms with Crippen molar-refractivity contribution in [3.8, 4) is 0 Å². The van der Waals surface area contributed by atoms with Crippen LogP contribution in [0.2, 0.25) is 0 Å². The summed E-state index contributed by atoms with van der Waals surface area (Å²) >= 11 is 0. The third-order valence-electron chi connectivity index (χ3n) is 5.29. The number of carbonyl (C=O) groups is 3. The number of anilines is 1. The summed E-state index contributed by atoms with van der Waals surface area (Å²) in [5.74, 6) is -0.877. The van der Waals surface area contributed by atoms with Crippen molar-refractivity contribution in [2.24, 2.45) is 0 Å². The van der Waals surface area contributed by atoms with Crippen LogP contribution in [0.15, 0.2) is 53.4 Å². The average Bonchev–Trinajstić information content (AvgIpc) is 3.04. The number of amides is 3. The molecule has 0 saturated carbocycles. The Labute approximate surface area is 179 Å². The molecule has 1 fully saturated rings. The predicted molar refractivity (Wildman–Crippen MR) is 111 cm³/mol. The molecule has 2 heterocycles. The molecule has 0 N–H and O–H groups in total. The number of imide groups is 1. The Morgan fingerprint density at radius 3 is 1.97 bits per heavy atom. The molecule has 10 heteroatoms. The van der Waals surface area contributed by atoms with Crippen molar-refractivity contribution in [1.82, 2.24) is 9.21 Å². The van der Waals surface area contributed by atoms with Crippen LogP contribution in [0.25, 0.3) is 0 Å². The van der Waals surface area contributed by atoms with E-state index in [1.54, 1.807) is 31.2 Å². The molecule has 0 bridgehead atoms. The zero-order valence-corrected chi connectivity index (χ0v) is 17.7. The molecule has 4 rings (SSSR count). The molecule has 9 nitrogen and oxygen atoms in total. The molecule has 2 aromatic carbocycles. The van der Waals surface area contributed by atoms with Gasteiger partial charge in [-0.1, -0.05) is 12.1 Å². The zero-order chi connectivity index (χ0) is 22.2. The number of nitrogens with zero attached hydrogens (tertiary/aromatic N) is 3. The summed E-state index contributed by atoms with van der Waals surface area (Å²) in [6.07, 6.45) is -0.454. The van der Waals surface area contributed by atoms with Gasteiger partial charge in [-0.05, 0) is 43.3 Å². The SMILES string of the molecule is CCOC(=O)N1CCN(S(=O)(=O)c2ccc(N3C(=O)c4ccccc4C3=O)cc2)CC1. The first-order valence-electron chi connectivity index (χ1n) is 9.84. The van der Waals surface area contributed by atoms with Crippen LogP contribution in [0.5, 0.6) is 0 Å². The zero-order valence-electron chi connectivity index (χ0n) is 16.9. The lowest BCUT2D eigenvalue weighted by atomic mass is 10.1. The van der Waals surface area contributed by atoms with Crippen molar-refractivity contribution in [3.63, 3.8) is 0 Å². The van der Waals surface area contributed by atoms with Crippen LogP contribution in [0.4, 0.5) is 10.5 Å². The van der Waals surface area contributed by atoms with E-state index < -0.39 is 27.9 Å². The first-order chi connectivity index (χ1) is 14.8. The Bertz CT molecular complexity index is 1100. The van der Waals surface area contributed by atoms with E-state index in [2.05, 4.69) is 0 Å². The van der Waals surface area contributed by atoms with Crippen molar-refractivity contribution < 1.29 is 27.5 Å². The molecule has 2 aromatic rings. The van der Waals surface area contributed by atoms with Gasteiger partial charge in [0.25, 0.3) is 11.8 Å². The van der Waals surface area contributed by atoms with Gasteiger partial charge in [0.15, 0.2) is 0 Å². The normalized spacial score (nSPS) is 17.1. The number of hydrogen-bond acceptors (Lipinski definition) is 6. The van der Waals surface area contributed by atoms with Crippen molar-refractivity contribution in [1.29, 1.82) is 0 Å². The molecule has 162 valence electrons. The van der Waals surface area contributed by atoms with Crippen molar-refractivity contribution >= 4 is 33.6 Å². The number of hydrogen-bond donors (Lipinski definition) is 0. The van der Waals surface area contributed by atoms with Gasteiger partial charge in [-0.3, -0.25) is 9.59 Å². The van der Waals surface area contributed by atoms with Gasteiger partial charge in [0.2, 0.25) is 10.0 Å². The highest BCUT2D eigenvalue weighted by Gasteiger charge is 2.37. The van der Waals surface area contributed by atoms with Crippen molar-refractivity contribution in [2.45, 2.75) is 11.8 Å². The van der Waals surface area contributed by atoms with E-state index in [1.807, 2.05) is 0 Å². The highest BCUT2D eigenvalue weighted by atomic mass is 32.2. The maximum absolute atomic E-state index is 13.0. The van der Waals surface area contributed by atoms with Gasteiger partial charge < -0.3 is 9.64 Å². The molecule has 2 aliphatic heterocycles. The molecule has 2 aliphatic rings. The van der Waals surface area contributed by atoms with E-state index in [-0.39, 0.29) is 37.7 Å². The minimum atomic E-state index is -3.78. The Kier molecular flexibility index (Phi) is 5.50. The molecule has 3 amide bonds. The Morgan fingerprint density at radius 1 is 0.903 bits per heavy atom. The van der Waals surface area contributed by atoms with Gasteiger partial charge in [0.05, 0.1) is 28.3 Å². The molecule has 0 unspecified atom stereocenters. The van der Waals surface area contributed by atoms with Gasteiger partial charge >= 0.3 is 6.09 Å². The summed E-state index contributed by atoms with van der Waals surface area (Å²) in [6, 6.07) is 12.2. The highest BCUT2D eigenvalue weighted by molar-refractivity contribution is 7.89. The van der Waals surface area contributed by atoms with Crippen LogP contribution in [0.3, 0.4) is 0 Å². The van der Waals surface area contributed by atoms with E-state index in [1.165, 1.54) is 33.5 Å². The first kappa shape index (κ1) is 21.0. The molecule has 0 atom stereocenters. The van der Waals surface area contributed by atoms with Crippen molar-refractivity contribution in [2.75, 3.05) is 37.7 Å². The molecule has 31 heavy (non-hydrogen) atoms. The second-order valence-corrected chi connectivity index (χ2v) is 9.01. The minimum Gasteiger partial charge on any atom is -0.450 e. The Hall–Kier alpha value is -3.24. The van der Waals surface area contributed by atoms with Crippen LogP contribution >= 0.6 is 0 Å². The molecule has 0 aliphatic carbocycles. The number of ether oxygens (including phenoxy) is 1. The maximum Gasteiger partial charge on any atom is 0.409 e. The van der Waals surface area contributed by atoms with Gasteiger partial charge in [0.1, 0.15) is 0 Å². The number of fused-ring (bicyclic) bond motifs is 1. The Balaban J connectivity index is 1.49. The lowest BCUT2D eigenvalue weighted by Gasteiger charge is -2.33. The number of rotatable bonds is 4. The van der Waals surface area contributed by atoms with E-state index in [4.69, 9.17) is 4.74 Å². The molecular weight excluding hydrogens is 422 g/mol. The lowest BCUT2D eigenvalue weighted by Crippen LogP contribution is -2.50. The smallest absolute Gasteiger partial charge is 0.409 e. The summed E-state index contributed by atoms with van der Waals surface area (Å²) in [7, 11) is -3.78. The number of sulfonamides is 1. The second kappa shape index (κ2) is 8.12. The van der Waals surface area contributed by atoms with Gasteiger partial charge in [0, 0.05) is 26.2 Å². The molecular formula is C21H21N3O6S. The number of piperazine rings is 1. The predicted octanol–water partition coefficient (Wildman–Crippen LogP) is 1.95. The quantitative estimate of drug-likeness (QED) is 0.669. The monoisotopic (exact) mass is 443 g/mol. The standard InChI is InChI=1S/C21H21N3O6S/c1-2-30-21(27)22-11-13-23(14-12-22)31(28,29)16-9-7-15(8-10-16)24-19(25)17-5-3-4-6-18(17)20(24)26/h3-10H,2,11-14H2,1H3. The third-order valence-corrected chi connectivity index (χ3v) is 7.20. The fraction of sp³-hybridized carbons (Fsp3) is 0.286. The van der Waals surface area contributed by atoms with Crippen molar-refractivity contribution in [3.05, 3.63) is 59.7 Å². The van der Waals surface area contributed by atoms with Gasteiger partial charge in [-0.25, -0.2) is 18.1 Å². The Morgan fingerprint density at radius 2 is 1.45 bits per heavy atom. The molecule has 0 aromatic heterocycles. The lowest BCUT2D eigenvalue weighted by molar-refractivity contribution is 0.0919. The van der Waals surface area contributed by atoms with Crippen LogP contribution < -0.4 is 4.90 Å². The summed E-state index contributed by atoms with van der Waals surface area (Å²) in [4.78, 5) is 39.6. The van der Waals surface area contributed by atoms with Crippen LogP contribution in [0, 0.1) is 0 Å². The summed E-state index contributed by atoms with van der Waals surface area (Å²) in [5, 5.41) is 0. The summed E-state index contributed by atoms with van der Waals surface area (Å²) in [5.41, 5.74) is 0.949. The molecule has 0 radical (unpaired) electrons. The summed E-state index contributed by atoms with van der Waals surface area (Å²) < 4.78 is 32.2. The van der Waals surface area contributed by atoms with Gasteiger partial charge in [-0.15, -0.1) is 0 Å². The minimum absolute atomic E-state index is 0.0532. The van der Waals surface area contributed by atoms with Crippen LogP contribution in [-0.2, 0) is 14.8 Å². The first-order valence-corrected chi connectivity index (χ1v) is 11.3. The fourth-order valence-electron chi connectivity index (χ4n) is 3.67. The van der Waals surface area contributed by atoms with E-state index in [0.29, 0.717) is 16.8 Å². The number of carbonyl (C=O) groups excluding carboxylic acids is 3. The van der Waals surface area contributed by atoms with Gasteiger partial charge in [-0.2, -0.15) is 4.31 Å². The topological polar surface area (TPSA) is 104 Å². The average molecular weight is 443 g/mol. The fourth-order valence-corrected chi connectivity index (χ4v) is 5.09. The molecule has 0 spiro atoms. The van der Waals surface area contributed by atoms with E-state index in [9.17, 15) is 22.8 Å². The van der Waals surface area contributed by atoms with E-state index in [0.717, 1.165) is 4.90 Å². The largest absolute Gasteiger partial charge is 0.450 e. The third kappa shape index (κ3) is 3.68. The number of benzene rings is 2. The second-order valence-electron chi connectivity index (χ2n) is 7.08. The van der Waals surface area contributed by atoms with E-state index >= 15 is 0 Å². The van der Waals surface area contributed by atoms with Crippen LogP contribution in [0.1, 0.15) is 27.6 Å². The highest BCUT2D eigenvalue weighted by Crippen LogP contribution is 2.29. The maximum atomic E-state index is 13.0. The molecule has 1 saturated heterocycles. The summed E-state index contributed by atoms with van der Waals surface area (Å²) in [6.45, 7) is 2.76.